The first-order valence-corrected chi connectivity index (χ1v) is 8.05. The molecule has 0 saturated heterocycles. The fourth-order valence-electron chi connectivity index (χ4n) is 3.28. The van der Waals surface area contributed by atoms with Crippen LogP contribution in [0.1, 0.15) is 37.1 Å². The van der Waals surface area contributed by atoms with E-state index in [0.717, 1.165) is 35.5 Å². The second-order valence-corrected chi connectivity index (χ2v) is 6.67. The Kier molecular flexibility index (Phi) is 2.98. The molecule has 1 amide bonds. The molecule has 1 fully saturated rings. The highest BCUT2D eigenvalue weighted by Gasteiger charge is 2.34. The monoisotopic (exact) mass is 311 g/mol. The number of nitrogens with one attached hydrogen (secondary N) is 1. The Bertz CT molecular complexity index is 806. The number of fused-ring (bicyclic) bond motifs is 3. The van der Waals surface area contributed by atoms with Gasteiger partial charge in [-0.1, -0.05) is 0 Å². The first kappa shape index (κ1) is 14.2. The molecule has 4 rings (SSSR count). The summed E-state index contributed by atoms with van der Waals surface area (Å²) in [5, 5.41) is 7.67. The molecule has 120 valence electrons. The molecule has 2 aromatic rings. The van der Waals surface area contributed by atoms with Crippen LogP contribution in [-0.2, 0) is 11.8 Å². The van der Waals surface area contributed by atoms with Crippen molar-refractivity contribution in [2.75, 3.05) is 17.3 Å². The molecular formula is C17H21N5O. The predicted molar refractivity (Wildman–Crippen MR) is 89.3 cm³/mol. The highest BCUT2D eigenvalue weighted by atomic mass is 16.2. The molecule has 0 spiro atoms. The third-order valence-corrected chi connectivity index (χ3v) is 4.81. The number of aryl methyl sites for hydroxylation is 2. The lowest BCUT2D eigenvalue weighted by molar-refractivity contribution is -0.117. The van der Waals surface area contributed by atoms with E-state index in [9.17, 15) is 4.79 Å². The maximum Gasteiger partial charge on any atom is 0.228 e. The first-order valence-electron chi connectivity index (χ1n) is 8.05. The minimum Gasteiger partial charge on any atom is -0.364 e. The minimum atomic E-state index is 0.0816. The number of aromatic nitrogens is 3. The van der Waals surface area contributed by atoms with Crippen LogP contribution in [-0.4, -0.2) is 27.7 Å². The standard InChI is InChI=1S/C17H21N5O/c1-9-7-12-14-13(8-21(3)20-14)10(2)22(4)15(12)16(18-9)19-17(23)11-5-6-11/h7-8,10-11H,5-6H2,1-4H3,(H,18,19,23). The normalized spacial score (nSPS) is 19.3. The van der Waals surface area contributed by atoms with Crippen molar-refractivity contribution in [2.24, 2.45) is 13.0 Å². The highest BCUT2D eigenvalue weighted by Crippen LogP contribution is 2.46. The van der Waals surface area contributed by atoms with E-state index in [1.807, 2.05) is 25.7 Å². The molecule has 1 aliphatic carbocycles. The first-order chi connectivity index (χ1) is 11.0. The number of amides is 1. The van der Waals surface area contributed by atoms with E-state index in [4.69, 9.17) is 0 Å². The topological polar surface area (TPSA) is 63.1 Å². The van der Waals surface area contributed by atoms with Crippen molar-refractivity contribution < 1.29 is 4.79 Å². The number of anilines is 2. The molecule has 3 heterocycles. The molecule has 2 aromatic heterocycles. The van der Waals surface area contributed by atoms with Crippen LogP contribution in [0.3, 0.4) is 0 Å². The number of nitrogens with zero attached hydrogens (tertiary/aromatic N) is 4. The summed E-state index contributed by atoms with van der Waals surface area (Å²) in [6, 6.07) is 2.24. The van der Waals surface area contributed by atoms with Crippen LogP contribution in [0.5, 0.6) is 0 Å². The van der Waals surface area contributed by atoms with Crippen LogP contribution in [0.15, 0.2) is 12.3 Å². The van der Waals surface area contributed by atoms with E-state index in [1.165, 1.54) is 5.56 Å². The number of rotatable bonds is 2. The zero-order chi connectivity index (χ0) is 16.3. The van der Waals surface area contributed by atoms with Gasteiger partial charge in [0, 0.05) is 43.0 Å². The van der Waals surface area contributed by atoms with Crippen LogP contribution in [0.25, 0.3) is 11.3 Å². The smallest absolute Gasteiger partial charge is 0.228 e. The van der Waals surface area contributed by atoms with Crippen LogP contribution in [0.4, 0.5) is 11.5 Å². The lowest BCUT2D eigenvalue weighted by Gasteiger charge is -2.34. The summed E-state index contributed by atoms with van der Waals surface area (Å²) >= 11 is 0. The molecule has 0 bridgehead atoms. The van der Waals surface area contributed by atoms with Crippen LogP contribution < -0.4 is 10.2 Å². The highest BCUT2D eigenvalue weighted by molar-refractivity contribution is 5.99. The number of hydrogen-bond acceptors (Lipinski definition) is 4. The van der Waals surface area contributed by atoms with Gasteiger partial charge in [0.15, 0.2) is 5.82 Å². The molecule has 1 atom stereocenters. The van der Waals surface area contributed by atoms with E-state index in [-0.39, 0.29) is 17.9 Å². The van der Waals surface area contributed by atoms with Gasteiger partial charge in [-0.05, 0) is 32.8 Å². The molecule has 23 heavy (non-hydrogen) atoms. The molecule has 6 nitrogen and oxygen atoms in total. The summed E-state index contributed by atoms with van der Waals surface area (Å²) in [4.78, 5) is 19.0. The van der Waals surface area contributed by atoms with Gasteiger partial charge in [0.25, 0.3) is 0 Å². The van der Waals surface area contributed by atoms with E-state index in [0.29, 0.717) is 5.82 Å². The Morgan fingerprint density at radius 3 is 2.78 bits per heavy atom. The molecule has 2 aliphatic rings. The van der Waals surface area contributed by atoms with Gasteiger partial charge in [-0.15, -0.1) is 0 Å². The lowest BCUT2D eigenvalue weighted by Crippen LogP contribution is -2.28. The number of pyridine rings is 1. The molecule has 1 unspecified atom stereocenters. The molecule has 1 N–H and O–H groups in total. The van der Waals surface area contributed by atoms with E-state index >= 15 is 0 Å². The summed E-state index contributed by atoms with van der Waals surface area (Å²) in [5.41, 5.74) is 5.07. The Hall–Kier alpha value is -2.37. The molecule has 1 saturated carbocycles. The molecule has 0 aromatic carbocycles. The number of carbonyl (C=O) groups is 1. The lowest BCUT2D eigenvalue weighted by atomic mass is 9.95. The molecular weight excluding hydrogens is 290 g/mol. The predicted octanol–water partition coefficient (Wildman–Crippen LogP) is 2.65. The summed E-state index contributed by atoms with van der Waals surface area (Å²) in [6.07, 6.45) is 4.03. The zero-order valence-electron chi connectivity index (χ0n) is 13.9. The maximum atomic E-state index is 12.2. The Balaban J connectivity index is 1.88. The van der Waals surface area contributed by atoms with E-state index < -0.39 is 0 Å². The quantitative estimate of drug-likeness (QED) is 0.926. The minimum absolute atomic E-state index is 0.0816. The fraction of sp³-hybridized carbons (Fsp3) is 0.471. The average molecular weight is 311 g/mol. The SMILES string of the molecule is Cc1cc2c(c(NC(=O)C3CC3)n1)N(C)C(C)c1cn(C)nc1-2. The zero-order valence-corrected chi connectivity index (χ0v) is 13.9. The van der Waals surface area contributed by atoms with Crippen molar-refractivity contribution in [3.63, 3.8) is 0 Å². The van der Waals surface area contributed by atoms with Crippen LogP contribution in [0.2, 0.25) is 0 Å². The number of hydrogen-bond donors (Lipinski definition) is 1. The fourth-order valence-corrected chi connectivity index (χ4v) is 3.28. The van der Waals surface area contributed by atoms with Crippen molar-refractivity contribution in [3.05, 3.63) is 23.5 Å². The van der Waals surface area contributed by atoms with E-state index in [1.54, 1.807) is 0 Å². The largest absolute Gasteiger partial charge is 0.364 e. The third kappa shape index (κ3) is 2.20. The molecule has 6 heteroatoms. The van der Waals surface area contributed by atoms with Gasteiger partial charge in [-0.25, -0.2) is 4.98 Å². The van der Waals surface area contributed by atoms with Gasteiger partial charge in [0.05, 0.1) is 17.4 Å². The summed E-state index contributed by atoms with van der Waals surface area (Å²) < 4.78 is 1.85. The van der Waals surface area contributed by atoms with Gasteiger partial charge in [-0.3, -0.25) is 9.48 Å². The average Bonchev–Trinajstić information content (AvgIpc) is 3.26. The van der Waals surface area contributed by atoms with Gasteiger partial charge < -0.3 is 10.2 Å². The summed E-state index contributed by atoms with van der Waals surface area (Å²) in [6.45, 7) is 4.10. The Labute approximate surface area is 135 Å². The van der Waals surface area contributed by atoms with Crippen LogP contribution in [0, 0.1) is 12.8 Å². The third-order valence-electron chi connectivity index (χ3n) is 4.81. The van der Waals surface area contributed by atoms with Crippen molar-refractivity contribution in [3.8, 4) is 11.3 Å². The van der Waals surface area contributed by atoms with Crippen molar-refractivity contribution >= 4 is 17.4 Å². The van der Waals surface area contributed by atoms with Crippen molar-refractivity contribution in [2.45, 2.75) is 32.7 Å². The molecule has 1 aliphatic heterocycles. The summed E-state index contributed by atoms with van der Waals surface area (Å²) in [5.74, 6) is 0.894. The molecule has 0 radical (unpaired) electrons. The second-order valence-electron chi connectivity index (χ2n) is 6.67. The van der Waals surface area contributed by atoms with E-state index in [2.05, 4.69) is 39.5 Å². The van der Waals surface area contributed by atoms with Gasteiger partial charge >= 0.3 is 0 Å². The summed E-state index contributed by atoms with van der Waals surface area (Å²) in [7, 11) is 3.98. The van der Waals surface area contributed by atoms with Gasteiger partial charge in [0.1, 0.15) is 0 Å². The Morgan fingerprint density at radius 1 is 1.35 bits per heavy atom. The number of carbonyl (C=O) groups excluding carboxylic acids is 1. The van der Waals surface area contributed by atoms with Crippen molar-refractivity contribution in [1.82, 2.24) is 14.8 Å². The second kappa shape index (κ2) is 4.81. The maximum absolute atomic E-state index is 12.2. The van der Waals surface area contributed by atoms with Crippen LogP contribution >= 0.6 is 0 Å². The van der Waals surface area contributed by atoms with Gasteiger partial charge in [-0.2, -0.15) is 5.10 Å². The van der Waals surface area contributed by atoms with Crippen molar-refractivity contribution in [1.29, 1.82) is 0 Å². The Morgan fingerprint density at radius 2 is 2.09 bits per heavy atom. The van der Waals surface area contributed by atoms with Gasteiger partial charge in [0.2, 0.25) is 5.91 Å².